The van der Waals surface area contributed by atoms with Crippen LogP contribution in [-0.2, 0) is 6.54 Å². The molecule has 4 nitrogen and oxygen atoms in total. The van der Waals surface area contributed by atoms with Crippen LogP contribution in [0.4, 0.5) is 0 Å². The Balaban J connectivity index is 3.02. The molecule has 1 aromatic rings. The monoisotopic (exact) mass is 222 g/mol. The molecule has 13 heavy (non-hydrogen) atoms. The van der Waals surface area contributed by atoms with E-state index < -0.39 is 11.2 Å². The lowest BCUT2D eigenvalue weighted by molar-refractivity contribution is 0.634. The number of nitrogens with one attached hydrogen (secondary N) is 1. The largest absolute Gasteiger partial charge is 0.328 e. The molecule has 0 aliphatic heterocycles. The van der Waals surface area contributed by atoms with Crippen LogP contribution in [0.3, 0.4) is 0 Å². The van der Waals surface area contributed by atoms with Gasteiger partial charge in [0.25, 0.3) is 5.56 Å². The van der Waals surface area contributed by atoms with Gasteiger partial charge in [0, 0.05) is 18.6 Å². The molecule has 1 heterocycles. The van der Waals surface area contributed by atoms with Gasteiger partial charge in [0.15, 0.2) is 0 Å². The molecule has 0 spiro atoms. The molecule has 0 aliphatic carbocycles. The number of aryl methyl sites for hydroxylation is 1. The highest BCUT2D eigenvalue weighted by Gasteiger charge is 2.00. The first-order valence-corrected chi connectivity index (χ1v) is 4.61. The van der Waals surface area contributed by atoms with Crippen LogP contribution >= 0.6 is 23.2 Å². The van der Waals surface area contributed by atoms with Crippen LogP contribution in [0.1, 0.15) is 6.42 Å². The summed E-state index contributed by atoms with van der Waals surface area (Å²) in [6.45, 7) is 0.457. The Morgan fingerprint density at radius 2 is 2.15 bits per heavy atom. The van der Waals surface area contributed by atoms with Gasteiger partial charge >= 0.3 is 5.69 Å². The van der Waals surface area contributed by atoms with Crippen molar-refractivity contribution in [3.8, 4) is 0 Å². The topological polar surface area (TPSA) is 54.9 Å². The third-order valence-corrected chi connectivity index (χ3v) is 2.04. The highest BCUT2D eigenvalue weighted by atomic mass is 35.5. The number of rotatable bonds is 3. The molecule has 1 aromatic heterocycles. The number of H-pyrrole nitrogens is 1. The standard InChI is InChI=1S/C7H8Cl2N2O2/c8-2-1-3-11-4-5(9)6(12)10-7(11)13/h4H,1-3H2,(H,10,12,13). The highest BCUT2D eigenvalue weighted by Crippen LogP contribution is 1.97. The first kappa shape index (κ1) is 10.3. The highest BCUT2D eigenvalue weighted by molar-refractivity contribution is 6.30. The summed E-state index contributed by atoms with van der Waals surface area (Å²) in [5, 5.41) is 0.00849. The first-order chi connectivity index (χ1) is 6.15. The fourth-order valence-electron chi connectivity index (χ4n) is 0.879. The lowest BCUT2D eigenvalue weighted by Gasteiger charge is -2.02. The van der Waals surface area contributed by atoms with Crippen molar-refractivity contribution in [1.82, 2.24) is 9.55 Å². The van der Waals surface area contributed by atoms with Crippen molar-refractivity contribution in [2.75, 3.05) is 5.88 Å². The van der Waals surface area contributed by atoms with E-state index in [-0.39, 0.29) is 5.02 Å². The quantitative estimate of drug-likeness (QED) is 0.771. The predicted molar refractivity (Wildman–Crippen MR) is 51.7 cm³/mol. The summed E-state index contributed by atoms with van der Waals surface area (Å²) in [5.41, 5.74) is -1.02. The fourth-order valence-corrected chi connectivity index (χ4v) is 1.16. The predicted octanol–water partition coefficient (Wildman–Crippen LogP) is 0.819. The van der Waals surface area contributed by atoms with Gasteiger partial charge in [-0.2, -0.15) is 0 Å². The molecule has 0 saturated carbocycles. The normalized spacial score (nSPS) is 10.3. The smallest absolute Gasteiger partial charge is 0.299 e. The molecule has 1 N–H and O–H groups in total. The van der Waals surface area contributed by atoms with Gasteiger partial charge in [-0.15, -0.1) is 11.6 Å². The summed E-state index contributed by atoms with van der Waals surface area (Å²) in [4.78, 5) is 24.0. The average Bonchev–Trinajstić information content (AvgIpc) is 2.09. The van der Waals surface area contributed by atoms with Gasteiger partial charge in [-0.25, -0.2) is 4.79 Å². The van der Waals surface area contributed by atoms with Crippen molar-refractivity contribution in [1.29, 1.82) is 0 Å². The molecule has 0 amide bonds. The Hall–Kier alpha value is -0.740. The summed E-state index contributed by atoms with van der Waals surface area (Å²) < 4.78 is 1.33. The van der Waals surface area contributed by atoms with Gasteiger partial charge < -0.3 is 0 Å². The van der Waals surface area contributed by atoms with E-state index in [2.05, 4.69) is 4.98 Å². The van der Waals surface area contributed by atoms with Crippen molar-refractivity contribution < 1.29 is 0 Å². The van der Waals surface area contributed by atoms with Gasteiger partial charge in [0.1, 0.15) is 5.02 Å². The minimum atomic E-state index is -0.561. The molecule has 6 heteroatoms. The van der Waals surface area contributed by atoms with Crippen molar-refractivity contribution in [2.24, 2.45) is 0 Å². The molecule has 0 fully saturated rings. The summed E-state index contributed by atoms with van der Waals surface area (Å²) in [5.74, 6) is 0.461. The third kappa shape index (κ3) is 2.60. The summed E-state index contributed by atoms with van der Waals surface area (Å²) in [6, 6.07) is 0. The van der Waals surface area contributed by atoms with Gasteiger partial charge in [-0.1, -0.05) is 11.6 Å². The number of halogens is 2. The van der Waals surface area contributed by atoms with E-state index in [1.165, 1.54) is 10.8 Å². The molecular weight excluding hydrogens is 215 g/mol. The van der Waals surface area contributed by atoms with Gasteiger partial charge in [0.2, 0.25) is 0 Å². The Morgan fingerprint density at radius 1 is 1.46 bits per heavy atom. The molecular formula is C7H8Cl2N2O2. The number of aromatic amines is 1. The van der Waals surface area contributed by atoms with E-state index in [9.17, 15) is 9.59 Å². The molecule has 0 radical (unpaired) electrons. The number of alkyl halides is 1. The van der Waals surface area contributed by atoms with Crippen LogP contribution in [0.25, 0.3) is 0 Å². The van der Waals surface area contributed by atoms with Crippen LogP contribution in [0, 0.1) is 0 Å². The molecule has 0 unspecified atom stereocenters. The zero-order chi connectivity index (χ0) is 9.84. The molecule has 0 aromatic carbocycles. The Morgan fingerprint density at radius 3 is 2.77 bits per heavy atom. The third-order valence-electron chi connectivity index (χ3n) is 1.50. The minimum Gasteiger partial charge on any atom is -0.299 e. The van der Waals surface area contributed by atoms with Crippen molar-refractivity contribution in [2.45, 2.75) is 13.0 Å². The molecule has 0 bridgehead atoms. The van der Waals surface area contributed by atoms with Gasteiger partial charge in [0.05, 0.1) is 0 Å². The van der Waals surface area contributed by atoms with Gasteiger partial charge in [-0.3, -0.25) is 14.3 Å². The summed E-state index contributed by atoms with van der Waals surface area (Å²) >= 11 is 11.0. The summed E-state index contributed by atoms with van der Waals surface area (Å²) in [6.07, 6.45) is 1.97. The fraction of sp³-hybridized carbons (Fsp3) is 0.429. The maximum absolute atomic E-state index is 11.1. The second-order valence-electron chi connectivity index (χ2n) is 2.47. The molecule has 0 atom stereocenters. The van der Waals surface area contributed by atoms with Crippen LogP contribution in [-0.4, -0.2) is 15.4 Å². The molecule has 72 valence electrons. The van der Waals surface area contributed by atoms with Crippen molar-refractivity contribution in [3.63, 3.8) is 0 Å². The second-order valence-corrected chi connectivity index (χ2v) is 3.26. The average molecular weight is 223 g/mol. The van der Waals surface area contributed by atoms with Gasteiger partial charge in [-0.05, 0) is 6.42 Å². The zero-order valence-electron chi connectivity index (χ0n) is 6.72. The lowest BCUT2D eigenvalue weighted by Crippen LogP contribution is -2.29. The molecule has 0 aliphatic rings. The molecule has 1 rings (SSSR count). The first-order valence-electron chi connectivity index (χ1n) is 3.70. The SMILES string of the molecule is O=c1[nH]c(=O)n(CCCCl)cc1Cl. The maximum Gasteiger partial charge on any atom is 0.328 e. The van der Waals surface area contributed by atoms with E-state index >= 15 is 0 Å². The lowest BCUT2D eigenvalue weighted by atomic mass is 10.4. The van der Waals surface area contributed by atoms with E-state index in [0.29, 0.717) is 18.8 Å². The molecule has 0 saturated heterocycles. The number of hydrogen-bond donors (Lipinski definition) is 1. The Kier molecular flexibility index (Phi) is 3.57. The number of aromatic nitrogens is 2. The second kappa shape index (κ2) is 4.48. The number of nitrogens with zero attached hydrogens (tertiary/aromatic N) is 1. The Bertz CT molecular complexity index is 396. The van der Waals surface area contributed by atoms with Crippen LogP contribution in [0.2, 0.25) is 5.02 Å². The van der Waals surface area contributed by atoms with Crippen molar-refractivity contribution >= 4 is 23.2 Å². The number of hydrogen-bond acceptors (Lipinski definition) is 2. The maximum atomic E-state index is 11.1. The van der Waals surface area contributed by atoms with E-state index in [1.54, 1.807) is 0 Å². The van der Waals surface area contributed by atoms with E-state index in [4.69, 9.17) is 23.2 Å². The zero-order valence-corrected chi connectivity index (χ0v) is 8.23. The minimum absolute atomic E-state index is 0.00849. The van der Waals surface area contributed by atoms with E-state index in [0.717, 1.165) is 0 Å². The van der Waals surface area contributed by atoms with Crippen LogP contribution < -0.4 is 11.2 Å². The van der Waals surface area contributed by atoms with Crippen LogP contribution in [0.5, 0.6) is 0 Å². The van der Waals surface area contributed by atoms with Crippen LogP contribution in [0.15, 0.2) is 15.8 Å². The summed E-state index contributed by atoms with van der Waals surface area (Å²) in [7, 11) is 0. The Labute approximate surface area is 84.1 Å². The van der Waals surface area contributed by atoms with E-state index in [1.807, 2.05) is 0 Å². The van der Waals surface area contributed by atoms with Crippen molar-refractivity contribution in [3.05, 3.63) is 32.1 Å².